The summed E-state index contributed by atoms with van der Waals surface area (Å²) in [6, 6.07) is 0.608. The second-order valence-electron chi connectivity index (χ2n) is 5.41. The lowest BCUT2D eigenvalue weighted by molar-refractivity contribution is 0.0761. The van der Waals surface area contributed by atoms with Crippen LogP contribution in [0.3, 0.4) is 0 Å². The van der Waals surface area contributed by atoms with E-state index < -0.39 is 0 Å². The third kappa shape index (κ3) is 5.36. The van der Waals surface area contributed by atoms with Gasteiger partial charge in [-0.05, 0) is 32.4 Å². The second kappa shape index (κ2) is 8.06. The van der Waals surface area contributed by atoms with E-state index in [1.807, 2.05) is 0 Å². The summed E-state index contributed by atoms with van der Waals surface area (Å²) >= 11 is 0. The van der Waals surface area contributed by atoms with Crippen molar-refractivity contribution in [2.75, 3.05) is 33.3 Å². The van der Waals surface area contributed by atoms with Crippen LogP contribution >= 0.6 is 0 Å². The van der Waals surface area contributed by atoms with Crippen molar-refractivity contribution in [3.05, 3.63) is 0 Å². The van der Waals surface area contributed by atoms with Crippen molar-refractivity contribution in [1.29, 1.82) is 0 Å². The van der Waals surface area contributed by atoms with Gasteiger partial charge in [0.1, 0.15) is 0 Å². The van der Waals surface area contributed by atoms with Gasteiger partial charge in [0.2, 0.25) is 0 Å². The second-order valence-corrected chi connectivity index (χ2v) is 5.41. The molecular formula is C14H30N2O. The van der Waals surface area contributed by atoms with Crippen LogP contribution in [0.1, 0.15) is 40.0 Å². The molecule has 1 saturated heterocycles. The zero-order chi connectivity index (χ0) is 12.7. The van der Waals surface area contributed by atoms with E-state index in [1.54, 1.807) is 0 Å². The maximum atomic E-state index is 5.69. The molecule has 0 spiro atoms. The number of hydrogen-bond acceptors (Lipinski definition) is 3. The molecule has 0 radical (unpaired) electrons. The maximum absolute atomic E-state index is 5.69. The Balaban J connectivity index is 2.31. The van der Waals surface area contributed by atoms with Crippen LogP contribution in [0.5, 0.6) is 0 Å². The van der Waals surface area contributed by atoms with Crippen LogP contribution in [-0.4, -0.2) is 50.3 Å². The van der Waals surface area contributed by atoms with Gasteiger partial charge in [-0.1, -0.05) is 27.2 Å². The molecule has 0 aromatic carbocycles. The van der Waals surface area contributed by atoms with E-state index in [1.165, 1.54) is 19.3 Å². The van der Waals surface area contributed by atoms with Crippen molar-refractivity contribution in [3.8, 4) is 0 Å². The van der Waals surface area contributed by atoms with Gasteiger partial charge < -0.3 is 15.0 Å². The molecule has 0 aliphatic carbocycles. The van der Waals surface area contributed by atoms with Gasteiger partial charge >= 0.3 is 0 Å². The minimum absolute atomic E-state index is 0.471. The smallest absolute Gasteiger partial charge is 0.0702 e. The van der Waals surface area contributed by atoms with E-state index in [-0.39, 0.29) is 0 Å². The first-order chi connectivity index (χ1) is 8.17. The van der Waals surface area contributed by atoms with Crippen LogP contribution in [0.4, 0.5) is 0 Å². The number of hydrogen-bond donors (Lipinski definition) is 1. The maximum Gasteiger partial charge on any atom is 0.0702 e. The minimum Gasteiger partial charge on any atom is -0.377 e. The summed E-state index contributed by atoms with van der Waals surface area (Å²) in [7, 11) is 2.22. The highest BCUT2D eigenvalue weighted by atomic mass is 16.5. The molecule has 3 unspecified atom stereocenters. The monoisotopic (exact) mass is 242 g/mol. The largest absolute Gasteiger partial charge is 0.377 e. The Labute approximate surface area is 107 Å². The van der Waals surface area contributed by atoms with E-state index in [0.29, 0.717) is 12.1 Å². The Hall–Kier alpha value is -0.120. The van der Waals surface area contributed by atoms with E-state index in [4.69, 9.17) is 4.74 Å². The lowest BCUT2D eigenvalue weighted by Crippen LogP contribution is -2.45. The SMILES string of the molecule is CCNC(CN(C)CC1CCCO1)C(C)CC. The van der Waals surface area contributed by atoms with E-state index in [2.05, 4.69) is 38.0 Å². The fourth-order valence-electron chi connectivity index (χ4n) is 2.54. The Morgan fingerprint density at radius 1 is 1.41 bits per heavy atom. The van der Waals surface area contributed by atoms with Gasteiger partial charge in [-0.2, -0.15) is 0 Å². The fourth-order valence-corrected chi connectivity index (χ4v) is 2.54. The van der Waals surface area contributed by atoms with Crippen molar-refractivity contribution in [2.45, 2.75) is 52.2 Å². The predicted molar refractivity (Wildman–Crippen MR) is 73.4 cm³/mol. The van der Waals surface area contributed by atoms with Crippen molar-refractivity contribution < 1.29 is 4.74 Å². The van der Waals surface area contributed by atoms with Crippen molar-refractivity contribution in [1.82, 2.24) is 10.2 Å². The fraction of sp³-hybridized carbons (Fsp3) is 1.00. The first-order valence-electron chi connectivity index (χ1n) is 7.20. The molecule has 1 rings (SSSR count). The molecule has 0 saturated carbocycles. The molecule has 17 heavy (non-hydrogen) atoms. The summed E-state index contributed by atoms with van der Waals surface area (Å²) in [5, 5.41) is 3.61. The van der Waals surface area contributed by atoms with E-state index in [9.17, 15) is 0 Å². The molecule has 102 valence electrons. The topological polar surface area (TPSA) is 24.5 Å². The highest BCUT2D eigenvalue weighted by Gasteiger charge is 2.21. The Morgan fingerprint density at radius 2 is 2.18 bits per heavy atom. The standard InChI is InChI=1S/C14H30N2O/c1-5-12(3)14(15-6-2)11-16(4)10-13-8-7-9-17-13/h12-15H,5-11H2,1-4H3. The molecule has 1 N–H and O–H groups in total. The van der Waals surface area contributed by atoms with Gasteiger partial charge in [0, 0.05) is 25.7 Å². The van der Waals surface area contributed by atoms with Gasteiger partial charge in [-0.15, -0.1) is 0 Å². The molecule has 1 fully saturated rings. The zero-order valence-corrected chi connectivity index (χ0v) is 12.0. The first-order valence-corrected chi connectivity index (χ1v) is 7.20. The summed E-state index contributed by atoms with van der Waals surface area (Å²) in [5.41, 5.74) is 0. The highest BCUT2D eigenvalue weighted by Crippen LogP contribution is 2.14. The zero-order valence-electron chi connectivity index (χ0n) is 12.0. The van der Waals surface area contributed by atoms with Crippen LogP contribution in [0.2, 0.25) is 0 Å². The highest BCUT2D eigenvalue weighted by molar-refractivity contribution is 4.77. The van der Waals surface area contributed by atoms with Crippen molar-refractivity contribution in [2.24, 2.45) is 5.92 Å². The molecule has 0 aromatic heterocycles. The number of nitrogens with one attached hydrogen (secondary N) is 1. The third-order valence-electron chi connectivity index (χ3n) is 3.84. The van der Waals surface area contributed by atoms with Gasteiger partial charge in [0.05, 0.1) is 6.10 Å². The lowest BCUT2D eigenvalue weighted by atomic mass is 9.98. The number of likely N-dealkylation sites (N-methyl/N-ethyl adjacent to an activating group) is 2. The molecule has 0 bridgehead atoms. The Kier molecular flexibility index (Phi) is 7.09. The first kappa shape index (κ1) is 14.9. The summed E-state index contributed by atoms with van der Waals surface area (Å²) in [6.07, 6.45) is 4.19. The van der Waals surface area contributed by atoms with Gasteiger partial charge in [-0.25, -0.2) is 0 Å². The number of nitrogens with zero attached hydrogens (tertiary/aromatic N) is 1. The lowest BCUT2D eigenvalue weighted by Gasteiger charge is -2.30. The van der Waals surface area contributed by atoms with Gasteiger partial charge in [0.25, 0.3) is 0 Å². The molecule has 3 nitrogen and oxygen atoms in total. The molecular weight excluding hydrogens is 212 g/mol. The average Bonchev–Trinajstić information content (AvgIpc) is 2.80. The Morgan fingerprint density at radius 3 is 2.71 bits per heavy atom. The molecule has 1 heterocycles. The summed E-state index contributed by atoms with van der Waals surface area (Å²) in [6.45, 7) is 11.0. The average molecular weight is 242 g/mol. The molecule has 0 aromatic rings. The third-order valence-corrected chi connectivity index (χ3v) is 3.84. The predicted octanol–water partition coefficient (Wildman–Crippen LogP) is 2.12. The van der Waals surface area contributed by atoms with Crippen LogP contribution in [0.15, 0.2) is 0 Å². The molecule has 3 heteroatoms. The minimum atomic E-state index is 0.471. The van der Waals surface area contributed by atoms with Crippen LogP contribution in [0, 0.1) is 5.92 Å². The summed E-state index contributed by atoms with van der Waals surface area (Å²) in [4.78, 5) is 2.43. The van der Waals surface area contributed by atoms with Crippen LogP contribution in [-0.2, 0) is 4.74 Å². The molecule has 3 atom stereocenters. The Bertz CT molecular complexity index is 193. The van der Waals surface area contributed by atoms with Crippen molar-refractivity contribution in [3.63, 3.8) is 0 Å². The van der Waals surface area contributed by atoms with Crippen LogP contribution in [0.25, 0.3) is 0 Å². The molecule has 1 aliphatic rings. The quantitative estimate of drug-likeness (QED) is 0.705. The van der Waals surface area contributed by atoms with Gasteiger partial charge in [-0.3, -0.25) is 0 Å². The summed E-state index contributed by atoms with van der Waals surface area (Å²) in [5.74, 6) is 0.738. The molecule has 0 amide bonds. The van der Waals surface area contributed by atoms with Crippen LogP contribution < -0.4 is 5.32 Å². The summed E-state index contributed by atoms with van der Waals surface area (Å²) < 4.78 is 5.69. The van der Waals surface area contributed by atoms with Gasteiger partial charge in [0.15, 0.2) is 0 Å². The molecule has 1 aliphatic heterocycles. The normalized spacial score (nSPS) is 24.2. The number of ether oxygens (including phenoxy) is 1. The van der Waals surface area contributed by atoms with Crippen molar-refractivity contribution >= 4 is 0 Å². The number of rotatable bonds is 8. The van der Waals surface area contributed by atoms with E-state index >= 15 is 0 Å². The van der Waals surface area contributed by atoms with E-state index in [0.717, 1.165) is 32.2 Å².